The molecule has 0 saturated heterocycles. The van der Waals surface area contributed by atoms with Gasteiger partial charge in [-0.25, -0.2) is 9.97 Å². The van der Waals surface area contributed by atoms with Gasteiger partial charge in [-0.05, 0) is 25.5 Å². The Balaban J connectivity index is 2.25. The minimum absolute atomic E-state index is 0.310. The van der Waals surface area contributed by atoms with E-state index in [9.17, 15) is 0 Å². The lowest BCUT2D eigenvalue weighted by Crippen LogP contribution is -2.22. The van der Waals surface area contributed by atoms with E-state index in [4.69, 9.17) is 0 Å². The Kier molecular flexibility index (Phi) is 1.96. The van der Waals surface area contributed by atoms with Crippen LogP contribution in [-0.4, -0.2) is 14.5 Å². The van der Waals surface area contributed by atoms with Gasteiger partial charge in [0.05, 0.1) is 29.4 Å². The summed E-state index contributed by atoms with van der Waals surface area (Å²) >= 11 is 0. The van der Waals surface area contributed by atoms with Gasteiger partial charge in [-0.15, -0.1) is 0 Å². The van der Waals surface area contributed by atoms with Gasteiger partial charge in [0.25, 0.3) is 0 Å². The van der Waals surface area contributed by atoms with E-state index in [0.29, 0.717) is 6.04 Å². The van der Waals surface area contributed by atoms with E-state index >= 15 is 0 Å². The maximum absolute atomic E-state index is 4.39. The molecule has 82 valence electrons. The third kappa shape index (κ3) is 1.16. The van der Waals surface area contributed by atoms with E-state index in [2.05, 4.69) is 39.8 Å². The second-order valence-corrected chi connectivity index (χ2v) is 4.06. The van der Waals surface area contributed by atoms with Crippen LogP contribution in [-0.2, 0) is 0 Å². The molecule has 3 rings (SSSR count). The van der Waals surface area contributed by atoms with E-state index in [1.165, 1.54) is 5.69 Å². The van der Waals surface area contributed by atoms with Crippen LogP contribution < -0.4 is 5.32 Å². The van der Waals surface area contributed by atoms with Gasteiger partial charge in [-0.3, -0.25) is 4.57 Å². The number of hydrogen-bond donors (Lipinski definition) is 1. The molecule has 0 radical (unpaired) electrons. The molecule has 1 aliphatic heterocycles. The smallest absolute Gasteiger partial charge is 0.150 e. The number of aryl methyl sites for hydroxylation is 1. The first-order valence-corrected chi connectivity index (χ1v) is 5.57. The van der Waals surface area contributed by atoms with Gasteiger partial charge < -0.3 is 5.32 Å². The fourth-order valence-corrected chi connectivity index (χ4v) is 2.29. The Hall–Kier alpha value is -1.84. The number of nitrogens with zero attached hydrogens (tertiary/aromatic N) is 3. The van der Waals surface area contributed by atoms with Crippen molar-refractivity contribution in [3.05, 3.63) is 36.0 Å². The molecule has 4 heteroatoms. The maximum Gasteiger partial charge on any atom is 0.150 e. The molecule has 3 heterocycles. The molecule has 2 aromatic rings. The first kappa shape index (κ1) is 9.39. The third-order valence-corrected chi connectivity index (χ3v) is 3.09. The summed E-state index contributed by atoms with van der Waals surface area (Å²) in [5, 5.41) is 3.46. The molecule has 0 aliphatic carbocycles. The number of pyridine rings is 1. The van der Waals surface area contributed by atoms with Crippen molar-refractivity contribution in [2.24, 2.45) is 0 Å². The number of nitrogens with one attached hydrogen (secondary N) is 1. The lowest BCUT2D eigenvalue weighted by atomic mass is 10.1. The standard InChI is InChI=1S/C12H14N4/c1-3-9-11-8(2)14-7-16(11)10-5-4-6-13-12(10)15-9/h4-7,9H,3H2,1-2H3,(H,13,15). The van der Waals surface area contributed by atoms with Crippen molar-refractivity contribution in [2.75, 3.05) is 5.32 Å². The quantitative estimate of drug-likeness (QED) is 0.793. The number of imidazole rings is 1. The molecule has 0 saturated carbocycles. The van der Waals surface area contributed by atoms with Crippen LogP contribution in [0.15, 0.2) is 24.7 Å². The minimum atomic E-state index is 0.310. The lowest BCUT2D eigenvalue weighted by Gasteiger charge is -2.27. The molecule has 1 N–H and O–H groups in total. The Bertz CT molecular complexity index is 530. The van der Waals surface area contributed by atoms with Gasteiger partial charge in [-0.2, -0.15) is 0 Å². The number of hydrogen-bond acceptors (Lipinski definition) is 3. The molecule has 0 aromatic carbocycles. The summed E-state index contributed by atoms with van der Waals surface area (Å²) in [6.45, 7) is 4.22. The molecular weight excluding hydrogens is 200 g/mol. The zero-order valence-corrected chi connectivity index (χ0v) is 9.44. The van der Waals surface area contributed by atoms with Crippen molar-refractivity contribution in [3.63, 3.8) is 0 Å². The SMILES string of the molecule is CCC1Nc2ncccc2-n2cnc(C)c21. The topological polar surface area (TPSA) is 42.7 Å². The van der Waals surface area contributed by atoms with E-state index in [-0.39, 0.29) is 0 Å². The monoisotopic (exact) mass is 214 g/mol. The zero-order valence-electron chi connectivity index (χ0n) is 9.44. The highest BCUT2D eigenvalue weighted by atomic mass is 15.2. The minimum Gasteiger partial charge on any atom is -0.360 e. The van der Waals surface area contributed by atoms with Crippen LogP contribution in [0.2, 0.25) is 0 Å². The van der Waals surface area contributed by atoms with Gasteiger partial charge in [0.1, 0.15) is 0 Å². The Labute approximate surface area is 94.4 Å². The first-order valence-electron chi connectivity index (χ1n) is 5.57. The predicted molar refractivity (Wildman–Crippen MR) is 62.8 cm³/mol. The average Bonchev–Trinajstić information content (AvgIpc) is 2.71. The summed E-state index contributed by atoms with van der Waals surface area (Å²) in [5.74, 6) is 0.944. The fraction of sp³-hybridized carbons (Fsp3) is 0.333. The summed E-state index contributed by atoms with van der Waals surface area (Å²) in [4.78, 5) is 8.76. The maximum atomic E-state index is 4.39. The van der Waals surface area contributed by atoms with Gasteiger partial charge in [0.2, 0.25) is 0 Å². The Morgan fingerprint density at radius 2 is 2.31 bits per heavy atom. The summed E-state index contributed by atoms with van der Waals surface area (Å²) in [7, 11) is 0. The van der Waals surface area contributed by atoms with Crippen molar-refractivity contribution < 1.29 is 0 Å². The number of fused-ring (bicyclic) bond motifs is 3. The van der Waals surface area contributed by atoms with Crippen LogP contribution >= 0.6 is 0 Å². The molecule has 0 bridgehead atoms. The van der Waals surface area contributed by atoms with Crippen LogP contribution in [0.5, 0.6) is 0 Å². The molecule has 1 unspecified atom stereocenters. The van der Waals surface area contributed by atoms with Crippen molar-refractivity contribution >= 4 is 5.82 Å². The molecule has 16 heavy (non-hydrogen) atoms. The van der Waals surface area contributed by atoms with Crippen LogP contribution in [0.1, 0.15) is 30.8 Å². The molecule has 0 spiro atoms. The summed E-state index contributed by atoms with van der Waals surface area (Å²) in [6.07, 6.45) is 4.73. The largest absolute Gasteiger partial charge is 0.360 e. The Morgan fingerprint density at radius 1 is 1.44 bits per heavy atom. The Morgan fingerprint density at radius 3 is 3.12 bits per heavy atom. The summed E-state index contributed by atoms with van der Waals surface area (Å²) in [6, 6.07) is 4.32. The van der Waals surface area contributed by atoms with Crippen LogP contribution in [0.4, 0.5) is 5.82 Å². The van der Waals surface area contributed by atoms with Gasteiger partial charge in [0.15, 0.2) is 5.82 Å². The number of anilines is 1. The van der Waals surface area contributed by atoms with E-state index in [1.54, 1.807) is 0 Å². The highest BCUT2D eigenvalue weighted by Crippen LogP contribution is 2.34. The molecule has 4 nitrogen and oxygen atoms in total. The van der Waals surface area contributed by atoms with Crippen LogP contribution in [0, 0.1) is 6.92 Å². The lowest BCUT2D eigenvalue weighted by molar-refractivity contribution is 0.675. The fourth-order valence-electron chi connectivity index (χ4n) is 2.29. The second-order valence-electron chi connectivity index (χ2n) is 4.06. The van der Waals surface area contributed by atoms with Crippen molar-refractivity contribution in [1.82, 2.24) is 14.5 Å². The van der Waals surface area contributed by atoms with Gasteiger partial charge in [0, 0.05) is 6.20 Å². The van der Waals surface area contributed by atoms with Crippen LogP contribution in [0.25, 0.3) is 5.69 Å². The summed E-state index contributed by atoms with van der Waals surface area (Å²) in [5.41, 5.74) is 3.43. The van der Waals surface area contributed by atoms with E-state index in [0.717, 1.165) is 23.6 Å². The normalized spacial score (nSPS) is 17.5. The van der Waals surface area contributed by atoms with Crippen molar-refractivity contribution in [3.8, 4) is 5.69 Å². The molecule has 0 fully saturated rings. The molecule has 1 atom stereocenters. The number of aromatic nitrogens is 3. The first-order chi connectivity index (χ1) is 7.81. The zero-order chi connectivity index (χ0) is 11.1. The molecule has 2 aromatic heterocycles. The van der Waals surface area contributed by atoms with Crippen molar-refractivity contribution in [2.45, 2.75) is 26.3 Å². The van der Waals surface area contributed by atoms with Crippen molar-refractivity contribution in [1.29, 1.82) is 0 Å². The van der Waals surface area contributed by atoms with Crippen LogP contribution in [0.3, 0.4) is 0 Å². The second kappa shape index (κ2) is 3.33. The number of rotatable bonds is 1. The summed E-state index contributed by atoms with van der Waals surface area (Å²) < 4.78 is 2.14. The third-order valence-electron chi connectivity index (χ3n) is 3.09. The highest BCUT2D eigenvalue weighted by Gasteiger charge is 2.25. The highest BCUT2D eigenvalue weighted by molar-refractivity contribution is 5.60. The van der Waals surface area contributed by atoms with Gasteiger partial charge in [-0.1, -0.05) is 6.92 Å². The molecule has 0 amide bonds. The molecular formula is C12H14N4. The van der Waals surface area contributed by atoms with E-state index < -0.39 is 0 Å². The van der Waals surface area contributed by atoms with Gasteiger partial charge >= 0.3 is 0 Å². The average molecular weight is 214 g/mol. The molecule has 1 aliphatic rings. The van der Waals surface area contributed by atoms with E-state index in [1.807, 2.05) is 18.6 Å². The predicted octanol–water partition coefficient (Wildman–Crippen LogP) is 2.45.